The maximum Gasteiger partial charge on any atom is 0.183 e. The SMILES string of the molecule is Nc1ccc(F)c(F)c1NCCc1cc(F)cc(F)c1. The molecule has 0 aromatic heterocycles. The van der Waals surface area contributed by atoms with E-state index in [9.17, 15) is 17.6 Å². The number of nitrogen functional groups attached to an aromatic ring is 1. The highest BCUT2D eigenvalue weighted by atomic mass is 19.2. The monoisotopic (exact) mass is 284 g/mol. The summed E-state index contributed by atoms with van der Waals surface area (Å²) >= 11 is 0. The van der Waals surface area contributed by atoms with Crippen LogP contribution in [0.3, 0.4) is 0 Å². The van der Waals surface area contributed by atoms with Crippen molar-refractivity contribution in [2.24, 2.45) is 0 Å². The number of halogens is 4. The van der Waals surface area contributed by atoms with E-state index in [4.69, 9.17) is 5.73 Å². The average molecular weight is 284 g/mol. The molecule has 2 nitrogen and oxygen atoms in total. The van der Waals surface area contributed by atoms with E-state index in [1.807, 2.05) is 0 Å². The summed E-state index contributed by atoms with van der Waals surface area (Å²) in [5, 5.41) is 2.62. The Labute approximate surface area is 113 Å². The van der Waals surface area contributed by atoms with Crippen molar-refractivity contribution in [1.29, 1.82) is 0 Å². The van der Waals surface area contributed by atoms with Gasteiger partial charge in [0.05, 0.1) is 11.4 Å². The minimum absolute atomic E-state index is 0.0642. The molecule has 3 N–H and O–H groups in total. The first-order chi connectivity index (χ1) is 9.47. The third kappa shape index (κ3) is 3.20. The molecule has 0 aliphatic carbocycles. The van der Waals surface area contributed by atoms with Crippen LogP contribution in [0.4, 0.5) is 28.9 Å². The van der Waals surface area contributed by atoms with Gasteiger partial charge in [-0.3, -0.25) is 0 Å². The van der Waals surface area contributed by atoms with Gasteiger partial charge in [-0.1, -0.05) is 0 Å². The van der Waals surface area contributed by atoms with Gasteiger partial charge < -0.3 is 11.1 Å². The van der Waals surface area contributed by atoms with Gasteiger partial charge in [0.15, 0.2) is 11.6 Å². The number of nitrogens with one attached hydrogen (secondary N) is 1. The molecule has 0 amide bonds. The molecule has 0 saturated heterocycles. The summed E-state index contributed by atoms with van der Waals surface area (Å²) in [5.41, 5.74) is 5.85. The Hall–Kier alpha value is -2.24. The lowest BCUT2D eigenvalue weighted by molar-refractivity contribution is 0.511. The molecular formula is C14H12F4N2. The smallest absolute Gasteiger partial charge is 0.183 e. The van der Waals surface area contributed by atoms with Crippen LogP contribution in [0.25, 0.3) is 0 Å². The maximum absolute atomic E-state index is 13.5. The summed E-state index contributed by atoms with van der Waals surface area (Å²) in [6.45, 7) is 0.160. The average Bonchev–Trinajstić information content (AvgIpc) is 2.37. The summed E-state index contributed by atoms with van der Waals surface area (Å²) in [6.07, 6.45) is 0.240. The van der Waals surface area contributed by atoms with Crippen molar-refractivity contribution in [3.05, 3.63) is 59.2 Å². The van der Waals surface area contributed by atoms with Gasteiger partial charge in [-0.25, -0.2) is 17.6 Å². The molecule has 2 rings (SSSR count). The Bertz CT molecular complexity index is 609. The van der Waals surface area contributed by atoms with Crippen molar-refractivity contribution >= 4 is 11.4 Å². The van der Waals surface area contributed by atoms with Crippen molar-refractivity contribution in [2.45, 2.75) is 6.42 Å². The second-order valence-electron chi connectivity index (χ2n) is 4.28. The Morgan fingerprint density at radius 1 is 0.950 bits per heavy atom. The fourth-order valence-electron chi connectivity index (χ4n) is 1.83. The molecule has 2 aromatic carbocycles. The second kappa shape index (κ2) is 5.81. The van der Waals surface area contributed by atoms with Crippen molar-refractivity contribution in [3.63, 3.8) is 0 Å². The van der Waals surface area contributed by atoms with Crippen LogP contribution < -0.4 is 11.1 Å². The summed E-state index contributed by atoms with van der Waals surface area (Å²) in [5.74, 6) is -3.46. The molecule has 0 aliphatic rings. The minimum Gasteiger partial charge on any atom is -0.397 e. The number of benzene rings is 2. The quantitative estimate of drug-likeness (QED) is 0.666. The van der Waals surface area contributed by atoms with Crippen LogP contribution in [0.2, 0.25) is 0 Å². The zero-order chi connectivity index (χ0) is 14.7. The Kier molecular flexibility index (Phi) is 4.12. The lowest BCUT2D eigenvalue weighted by Crippen LogP contribution is -2.10. The third-order valence-corrected chi connectivity index (χ3v) is 2.76. The Balaban J connectivity index is 2.05. The number of nitrogens with two attached hydrogens (primary N) is 1. The number of hydrogen-bond donors (Lipinski definition) is 2. The fourth-order valence-corrected chi connectivity index (χ4v) is 1.83. The van der Waals surface area contributed by atoms with Crippen LogP contribution in [0.1, 0.15) is 5.56 Å². The summed E-state index contributed by atoms with van der Waals surface area (Å²) in [6, 6.07) is 5.29. The molecule has 0 bridgehead atoms. The maximum atomic E-state index is 13.5. The minimum atomic E-state index is -1.07. The lowest BCUT2D eigenvalue weighted by Gasteiger charge is -2.11. The van der Waals surface area contributed by atoms with E-state index in [0.29, 0.717) is 5.56 Å². The first-order valence-electron chi connectivity index (χ1n) is 5.89. The Morgan fingerprint density at radius 3 is 2.25 bits per heavy atom. The van der Waals surface area contributed by atoms with Gasteiger partial charge in [0.1, 0.15) is 11.6 Å². The molecule has 0 fully saturated rings. The van der Waals surface area contributed by atoms with E-state index in [1.54, 1.807) is 0 Å². The van der Waals surface area contributed by atoms with Gasteiger partial charge in [0.25, 0.3) is 0 Å². The van der Waals surface area contributed by atoms with E-state index < -0.39 is 23.3 Å². The zero-order valence-corrected chi connectivity index (χ0v) is 10.4. The van der Waals surface area contributed by atoms with Crippen LogP contribution in [-0.2, 0) is 6.42 Å². The van der Waals surface area contributed by atoms with Crippen LogP contribution in [0.15, 0.2) is 30.3 Å². The molecule has 0 radical (unpaired) electrons. The summed E-state index contributed by atoms with van der Waals surface area (Å²) in [4.78, 5) is 0. The van der Waals surface area contributed by atoms with Crippen molar-refractivity contribution in [2.75, 3.05) is 17.6 Å². The highest BCUT2D eigenvalue weighted by Crippen LogP contribution is 2.24. The van der Waals surface area contributed by atoms with E-state index in [1.165, 1.54) is 18.2 Å². The number of anilines is 2. The van der Waals surface area contributed by atoms with Gasteiger partial charge in [-0.15, -0.1) is 0 Å². The molecule has 20 heavy (non-hydrogen) atoms. The van der Waals surface area contributed by atoms with Gasteiger partial charge >= 0.3 is 0 Å². The molecule has 0 saturated carbocycles. The summed E-state index contributed by atoms with van der Waals surface area (Å²) in [7, 11) is 0. The van der Waals surface area contributed by atoms with Gasteiger partial charge in [-0.2, -0.15) is 0 Å². The highest BCUT2D eigenvalue weighted by molar-refractivity contribution is 5.66. The van der Waals surface area contributed by atoms with Crippen molar-refractivity contribution in [1.82, 2.24) is 0 Å². The van der Waals surface area contributed by atoms with E-state index in [2.05, 4.69) is 5.32 Å². The predicted octanol–water partition coefficient (Wildman–Crippen LogP) is 3.48. The van der Waals surface area contributed by atoms with Crippen molar-refractivity contribution in [3.8, 4) is 0 Å². The first kappa shape index (κ1) is 14.2. The molecule has 0 aliphatic heterocycles. The third-order valence-electron chi connectivity index (χ3n) is 2.76. The number of rotatable bonds is 4. The van der Waals surface area contributed by atoms with Crippen LogP contribution >= 0.6 is 0 Å². The topological polar surface area (TPSA) is 38.0 Å². The molecule has 6 heteroatoms. The first-order valence-corrected chi connectivity index (χ1v) is 5.89. The molecule has 2 aromatic rings. The molecule has 0 spiro atoms. The van der Waals surface area contributed by atoms with Gasteiger partial charge in [0, 0.05) is 12.6 Å². The highest BCUT2D eigenvalue weighted by Gasteiger charge is 2.11. The van der Waals surface area contributed by atoms with Gasteiger partial charge in [-0.05, 0) is 36.2 Å². The normalized spacial score (nSPS) is 10.6. The van der Waals surface area contributed by atoms with E-state index in [0.717, 1.165) is 12.1 Å². The predicted molar refractivity (Wildman–Crippen MR) is 69.3 cm³/mol. The molecular weight excluding hydrogens is 272 g/mol. The molecule has 0 atom stereocenters. The second-order valence-corrected chi connectivity index (χ2v) is 4.28. The van der Waals surface area contributed by atoms with Crippen molar-refractivity contribution < 1.29 is 17.6 Å². The van der Waals surface area contributed by atoms with Crippen LogP contribution in [-0.4, -0.2) is 6.54 Å². The fraction of sp³-hybridized carbons (Fsp3) is 0.143. The number of hydrogen-bond acceptors (Lipinski definition) is 2. The molecule has 0 heterocycles. The van der Waals surface area contributed by atoms with E-state index >= 15 is 0 Å². The van der Waals surface area contributed by atoms with Crippen LogP contribution in [0, 0.1) is 23.3 Å². The molecule has 0 unspecified atom stereocenters. The Morgan fingerprint density at radius 2 is 1.60 bits per heavy atom. The largest absolute Gasteiger partial charge is 0.397 e. The lowest BCUT2D eigenvalue weighted by atomic mass is 10.1. The molecule has 106 valence electrons. The zero-order valence-electron chi connectivity index (χ0n) is 10.4. The van der Waals surface area contributed by atoms with Crippen LogP contribution in [0.5, 0.6) is 0 Å². The summed E-state index contributed by atoms with van der Waals surface area (Å²) < 4.78 is 52.5. The standard InChI is InChI=1S/C14H12F4N2/c15-9-5-8(6-10(16)7-9)3-4-20-14-12(19)2-1-11(17)13(14)18/h1-2,5-7,20H,3-4,19H2. The van der Waals surface area contributed by atoms with Gasteiger partial charge in [0.2, 0.25) is 0 Å². The van der Waals surface area contributed by atoms with E-state index in [-0.39, 0.29) is 24.3 Å².